The molecule has 1 aliphatic heterocycles. The molecular formula is C18H22N4O2. The van der Waals surface area contributed by atoms with Gasteiger partial charge in [0.05, 0.1) is 13.2 Å². The number of piperidine rings is 1. The largest absolute Gasteiger partial charge is 0.497 e. The van der Waals surface area contributed by atoms with Crippen molar-refractivity contribution in [3.63, 3.8) is 0 Å². The number of rotatable bonds is 4. The van der Waals surface area contributed by atoms with E-state index in [0.29, 0.717) is 5.92 Å². The Labute approximate surface area is 141 Å². The van der Waals surface area contributed by atoms with Gasteiger partial charge in [0.15, 0.2) is 0 Å². The highest BCUT2D eigenvalue weighted by molar-refractivity contribution is 5.83. The highest BCUT2D eigenvalue weighted by atomic mass is 16.5. The van der Waals surface area contributed by atoms with Crippen LogP contribution in [-0.4, -0.2) is 45.8 Å². The summed E-state index contributed by atoms with van der Waals surface area (Å²) in [6, 6.07) is 8.33. The Morgan fingerprint density at radius 2 is 2.29 bits per heavy atom. The van der Waals surface area contributed by atoms with Crippen LogP contribution in [0.3, 0.4) is 0 Å². The molecule has 1 aromatic heterocycles. The van der Waals surface area contributed by atoms with Gasteiger partial charge in [0.2, 0.25) is 5.91 Å². The molecule has 4 rings (SSSR count). The van der Waals surface area contributed by atoms with Crippen LogP contribution in [0.1, 0.15) is 36.8 Å². The molecule has 1 saturated heterocycles. The molecule has 3 atom stereocenters. The third kappa shape index (κ3) is 2.88. The molecule has 1 aromatic carbocycles. The molecule has 1 aliphatic carbocycles. The molecule has 0 spiro atoms. The van der Waals surface area contributed by atoms with E-state index in [1.165, 1.54) is 5.56 Å². The Morgan fingerprint density at radius 3 is 3.08 bits per heavy atom. The molecule has 0 N–H and O–H groups in total. The average molecular weight is 326 g/mol. The van der Waals surface area contributed by atoms with E-state index < -0.39 is 0 Å². The van der Waals surface area contributed by atoms with Gasteiger partial charge in [0.1, 0.15) is 18.4 Å². The van der Waals surface area contributed by atoms with Crippen molar-refractivity contribution in [2.45, 2.75) is 31.2 Å². The van der Waals surface area contributed by atoms with Crippen molar-refractivity contribution in [1.29, 1.82) is 0 Å². The van der Waals surface area contributed by atoms with E-state index in [2.05, 4.69) is 16.1 Å². The second-order valence-corrected chi connectivity index (χ2v) is 6.68. The molecule has 2 aromatic rings. The number of nitrogens with zero attached hydrogens (tertiary/aromatic N) is 4. The van der Waals surface area contributed by atoms with E-state index in [-0.39, 0.29) is 17.9 Å². The maximum absolute atomic E-state index is 12.9. The zero-order valence-corrected chi connectivity index (χ0v) is 13.8. The number of amides is 1. The number of carbonyl (C=O) groups is 1. The van der Waals surface area contributed by atoms with E-state index in [0.717, 1.165) is 38.1 Å². The number of carbonyl (C=O) groups excluding carboxylic acids is 1. The minimum Gasteiger partial charge on any atom is -0.497 e. The van der Waals surface area contributed by atoms with Crippen LogP contribution in [0.15, 0.2) is 36.9 Å². The minimum absolute atomic E-state index is 0.117. The number of ether oxygens (including phenoxy) is 1. The van der Waals surface area contributed by atoms with Crippen LogP contribution >= 0.6 is 0 Å². The summed E-state index contributed by atoms with van der Waals surface area (Å²) in [6.45, 7) is 1.59. The van der Waals surface area contributed by atoms with Crippen molar-refractivity contribution in [2.75, 3.05) is 20.2 Å². The van der Waals surface area contributed by atoms with Crippen LogP contribution in [0.2, 0.25) is 0 Å². The monoisotopic (exact) mass is 326 g/mol. The Morgan fingerprint density at radius 1 is 1.38 bits per heavy atom. The molecule has 2 aliphatic rings. The van der Waals surface area contributed by atoms with Crippen molar-refractivity contribution in [3.05, 3.63) is 42.5 Å². The maximum atomic E-state index is 12.9. The van der Waals surface area contributed by atoms with Crippen molar-refractivity contribution >= 4 is 5.91 Å². The summed E-state index contributed by atoms with van der Waals surface area (Å²) in [5.41, 5.74) is 1.21. The van der Waals surface area contributed by atoms with E-state index >= 15 is 0 Å². The number of benzene rings is 1. The molecule has 126 valence electrons. The van der Waals surface area contributed by atoms with Crippen molar-refractivity contribution in [1.82, 2.24) is 19.7 Å². The summed E-state index contributed by atoms with van der Waals surface area (Å²) in [6.07, 6.45) is 6.32. The molecule has 6 heteroatoms. The van der Waals surface area contributed by atoms with Gasteiger partial charge in [-0.1, -0.05) is 12.1 Å². The summed E-state index contributed by atoms with van der Waals surface area (Å²) in [5.74, 6) is 1.59. The van der Waals surface area contributed by atoms with Crippen LogP contribution in [0.4, 0.5) is 0 Å². The zero-order chi connectivity index (χ0) is 16.5. The SMILES string of the molecule is COc1cccc([C@@H]2C[C@@H]2C(=O)N2CCC[C@H](n3cncn3)C2)c1. The second-order valence-electron chi connectivity index (χ2n) is 6.68. The Kier molecular flexibility index (Phi) is 3.96. The van der Waals surface area contributed by atoms with Gasteiger partial charge in [-0.15, -0.1) is 0 Å². The number of likely N-dealkylation sites (tertiary alicyclic amines) is 1. The zero-order valence-electron chi connectivity index (χ0n) is 13.8. The lowest BCUT2D eigenvalue weighted by Gasteiger charge is -2.32. The minimum atomic E-state index is 0.117. The lowest BCUT2D eigenvalue weighted by atomic mass is 10.0. The second kappa shape index (κ2) is 6.26. The number of methoxy groups -OCH3 is 1. The highest BCUT2D eigenvalue weighted by Gasteiger charge is 2.46. The summed E-state index contributed by atoms with van der Waals surface area (Å²) in [4.78, 5) is 18.9. The van der Waals surface area contributed by atoms with Gasteiger partial charge in [-0.25, -0.2) is 9.67 Å². The molecular weight excluding hydrogens is 304 g/mol. The Bertz CT molecular complexity index is 716. The summed E-state index contributed by atoms with van der Waals surface area (Å²) < 4.78 is 7.17. The lowest BCUT2D eigenvalue weighted by Crippen LogP contribution is -2.41. The smallest absolute Gasteiger partial charge is 0.226 e. The summed E-state index contributed by atoms with van der Waals surface area (Å²) in [5, 5.41) is 4.23. The van der Waals surface area contributed by atoms with Gasteiger partial charge < -0.3 is 9.64 Å². The van der Waals surface area contributed by atoms with Crippen LogP contribution in [0, 0.1) is 5.92 Å². The van der Waals surface area contributed by atoms with Gasteiger partial charge in [-0.2, -0.15) is 5.10 Å². The first-order valence-corrected chi connectivity index (χ1v) is 8.53. The van der Waals surface area contributed by atoms with E-state index in [1.54, 1.807) is 19.8 Å². The van der Waals surface area contributed by atoms with Gasteiger partial charge in [-0.05, 0) is 42.9 Å². The molecule has 2 fully saturated rings. The molecule has 0 radical (unpaired) electrons. The topological polar surface area (TPSA) is 60.2 Å². The first-order valence-electron chi connectivity index (χ1n) is 8.53. The van der Waals surface area contributed by atoms with Crippen molar-refractivity contribution in [3.8, 4) is 5.75 Å². The van der Waals surface area contributed by atoms with Gasteiger partial charge in [-0.3, -0.25) is 4.79 Å². The van der Waals surface area contributed by atoms with Crippen molar-refractivity contribution in [2.24, 2.45) is 5.92 Å². The fourth-order valence-corrected chi connectivity index (χ4v) is 3.72. The number of hydrogen-bond donors (Lipinski definition) is 0. The molecule has 0 unspecified atom stereocenters. The molecule has 24 heavy (non-hydrogen) atoms. The van der Waals surface area contributed by atoms with Gasteiger partial charge in [0.25, 0.3) is 0 Å². The van der Waals surface area contributed by atoms with E-state index in [9.17, 15) is 4.79 Å². The maximum Gasteiger partial charge on any atom is 0.226 e. The fourth-order valence-electron chi connectivity index (χ4n) is 3.72. The predicted octanol–water partition coefficient (Wildman–Crippen LogP) is 2.25. The third-order valence-electron chi connectivity index (χ3n) is 5.15. The third-order valence-corrected chi connectivity index (χ3v) is 5.15. The lowest BCUT2D eigenvalue weighted by molar-refractivity contribution is -0.134. The quantitative estimate of drug-likeness (QED) is 0.865. The molecule has 1 saturated carbocycles. The average Bonchev–Trinajstić information content (AvgIpc) is 3.25. The molecule has 1 amide bonds. The molecule has 2 heterocycles. The van der Waals surface area contributed by atoms with Crippen molar-refractivity contribution < 1.29 is 9.53 Å². The normalized spacial score (nSPS) is 26.2. The predicted molar refractivity (Wildman–Crippen MR) is 88.7 cm³/mol. The van der Waals surface area contributed by atoms with Crippen LogP contribution in [0.5, 0.6) is 5.75 Å². The number of hydrogen-bond acceptors (Lipinski definition) is 4. The number of aromatic nitrogens is 3. The van der Waals surface area contributed by atoms with Crippen LogP contribution in [-0.2, 0) is 4.79 Å². The Hall–Kier alpha value is -2.37. The Balaban J connectivity index is 1.41. The van der Waals surface area contributed by atoms with Gasteiger partial charge >= 0.3 is 0 Å². The van der Waals surface area contributed by atoms with Crippen LogP contribution < -0.4 is 4.74 Å². The first kappa shape index (κ1) is 15.2. The first-order chi connectivity index (χ1) is 11.8. The summed E-state index contributed by atoms with van der Waals surface area (Å²) >= 11 is 0. The van der Waals surface area contributed by atoms with Crippen LogP contribution in [0.25, 0.3) is 0 Å². The standard InChI is InChI=1S/C18H22N4O2/c1-24-15-6-2-4-13(8-15)16-9-17(16)18(23)21-7-3-5-14(10-21)22-12-19-11-20-22/h2,4,6,8,11-12,14,16-17H,3,5,7,9-10H2,1H3/t14-,16-,17-/m0/s1. The van der Waals surface area contributed by atoms with E-state index in [4.69, 9.17) is 4.74 Å². The van der Waals surface area contributed by atoms with E-state index in [1.807, 2.05) is 27.8 Å². The molecule has 6 nitrogen and oxygen atoms in total. The fraction of sp³-hybridized carbons (Fsp3) is 0.500. The van der Waals surface area contributed by atoms with Gasteiger partial charge in [0, 0.05) is 19.0 Å². The molecule has 0 bridgehead atoms. The summed E-state index contributed by atoms with van der Waals surface area (Å²) in [7, 11) is 1.67. The highest BCUT2D eigenvalue weighted by Crippen LogP contribution is 2.49.